The van der Waals surface area contributed by atoms with Crippen LogP contribution < -0.4 is 14.4 Å². The summed E-state index contributed by atoms with van der Waals surface area (Å²) < 4.78 is 23.6. The van der Waals surface area contributed by atoms with Gasteiger partial charge in [-0.05, 0) is 54.1 Å². The van der Waals surface area contributed by atoms with Crippen LogP contribution in [0.5, 0.6) is 11.5 Å². The lowest BCUT2D eigenvalue weighted by molar-refractivity contribution is -0.113. The van der Waals surface area contributed by atoms with Gasteiger partial charge in [0.05, 0.1) is 24.8 Å². The first-order valence-corrected chi connectivity index (χ1v) is 8.53. The zero-order valence-electron chi connectivity index (χ0n) is 14.4. The van der Waals surface area contributed by atoms with Gasteiger partial charge in [-0.25, -0.2) is 9.29 Å². The molecule has 26 heavy (non-hydrogen) atoms. The van der Waals surface area contributed by atoms with Crippen LogP contribution in [0.3, 0.4) is 0 Å². The van der Waals surface area contributed by atoms with E-state index in [1.165, 1.54) is 26.4 Å². The lowest BCUT2D eigenvalue weighted by atomic mass is 10.1. The van der Waals surface area contributed by atoms with Gasteiger partial charge in [-0.15, -0.1) is 0 Å². The molecule has 1 fully saturated rings. The van der Waals surface area contributed by atoms with E-state index in [9.17, 15) is 14.0 Å². The SMILES string of the molecule is COc1ccc(N2C(=O)S/C(=C(/C)c3ccc(F)cc3)C2=O)c(OC)c1. The molecule has 0 bridgehead atoms. The molecule has 0 N–H and O–H groups in total. The third kappa shape index (κ3) is 3.17. The minimum absolute atomic E-state index is 0.305. The topological polar surface area (TPSA) is 55.8 Å². The summed E-state index contributed by atoms with van der Waals surface area (Å²) >= 11 is 0.849. The van der Waals surface area contributed by atoms with Crippen LogP contribution >= 0.6 is 11.8 Å². The Kier molecular flexibility index (Phi) is 4.99. The Morgan fingerprint density at radius 1 is 1.04 bits per heavy atom. The van der Waals surface area contributed by atoms with Crippen molar-refractivity contribution < 1.29 is 23.5 Å². The van der Waals surface area contributed by atoms with Crippen LogP contribution in [0.1, 0.15) is 12.5 Å². The van der Waals surface area contributed by atoms with Crippen molar-refractivity contribution in [3.8, 4) is 11.5 Å². The third-order valence-corrected chi connectivity index (χ3v) is 5.06. The summed E-state index contributed by atoms with van der Waals surface area (Å²) in [5.41, 5.74) is 1.64. The number of ether oxygens (including phenoxy) is 2. The molecular formula is C19H16FNO4S. The number of halogens is 1. The lowest BCUT2D eigenvalue weighted by Crippen LogP contribution is -2.28. The van der Waals surface area contributed by atoms with Crippen LogP contribution in [-0.4, -0.2) is 25.4 Å². The van der Waals surface area contributed by atoms with E-state index < -0.39 is 11.1 Å². The van der Waals surface area contributed by atoms with E-state index in [2.05, 4.69) is 0 Å². The lowest BCUT2D eigenvalue weighted by Gasteiger charge is -2.17. The van der Waals surface area contributed by atoms with Gasteiger partial charge in [0.25, 0.3) is 11.1 Å². The first-order valence-electron chi connectivity index (χ1n) is 7.71. The Morgan fingerprint density at radius 2 is 1.73 bits per heavy atom. The molecular weight excluding hydrogens is 357 g/mol. The zero-order chi connectivity index (χ0) is 18.8. The average molecular weight is 373 g/mol. The molecule has 0 aromatic heterocycles. The normalized spacial score (nSPS) is 16.1. The van der Waals surface area contributed by atoms with Crippen molar-refractivity contribution in [2.75, 3.05) is 19.1 Å². The number of carbonyl (C=O) groups excluding carboxylic acids is 2. The predicted octanol–water partition coefficient (Wildman–Crippen LogP) is 4.47. The van der Waals surface area contributed by atoms with E-state index in [1.54, 1.807) is 37.3 Å². The van der Waals surface area contributed by atoms with Gasteiger partial charge in [-0.2, -0.15) is 0 Å². The second kappa shape index (κ2) is 7.21. The number of hydrogen-bond donors (Lipinski definition) is 0. The van der Waals surface area contributed by atoms with Crippen LogP contribution in [0, 0.1) is 5.82 Å². The number of carbonyl (C=O) groups is 2. The van der Waals surface area contributed by atoms with E-state index in [-0.39, 0.29) is 5.82 Å². The summed E-state index contributed by atoms with van der Waals surface area (Å²) in [5, 5.41) is -0.421. The van der Waals surface area contributed by atoms with Crippen molar-refractivity contribution >= 4 is 34.2 Å². The monoisotopic (exact) mass is 373 g/mol. The molecule has 0 aliphatic carbocycles. The highest BCUT2D eigenvalue weighted by Crippen LogP contribution is 2.42. The maximum atomic E-state index is 13.1. The summed E-state index contributed by atoms with van der Waals surface area (Å²) in [7, 11) is 2.97. The van der Waals surface area contributed by atoms with Crippen molar-refractivity contribution in [2.45, 2.75) is 6.92 Å². The molecule has 1 saturated heterocycles. The highest BCUT2D eigenvalue weighted by atomic mass is 32.2. The first-order chi connectivity index (χ1) is 12.5. The van der Waals surface area contributed by atoms with E-state index in [0.717, 1.165) is 16.7 Å². The zero-order valence-corrected chi connectivity index (χ0v) is 15.2. The van der Waals surface area contributed by atoms with Crippen LogP contribution in [-0.2, 0) is 4.79 Å². The minimum Gasteiger partial charge on any atom is -0.497 e. The summed E-state index contributed by atoms with van der Waals surface area (Å²) in [5.74, 6) is 0.103. The largest absolute Gasteiger partial charge is 0.497 e. The number of rotatable bonds is 4. The van der Waals surface area contributed by atoms with Crippen molar-refractivity contribution in [3.63, 3.8) is 0 Å². The average Bonchev–Trinajstić information content (AvgIpc) is 2.95. The summed E-state index contributed by atoms with van der Waals surface area (Å²) in [6.07, 6.45) is 0. The molecule has 0 spiro atoms. The first kappa shape index (κ1) is 18.0. The number of benzene rings is 2. The molecule has 134 valence electrons. The molecule has 0 saturated carbocycles. The Hall–Kier alpha value is -2.80. The molecule has 0 unspecified atom stereocenters. The summed E-state index contributed by atoms with van der Waals surface area (Å²) in [6.45, 7) is 1.73. The van der Waals surface area contributed by atoms with Gasteiger partial charge in [-0.3, -0.25) is 9.59 Å². The fourth-order valence-corrected chi connectivity index (χ4v) is 3.50. The Labute approximate surface area is 154 Å². The molecule has 7 heteroatoms. The van der Waals surface area contributed by atoms with E-state index in [1.807, 2.05) is 0 Å². The molecule has 2 aromatic rings. The van der Waals surface area contributed by atoms with Crippen molar-refractivity contribution in [2.24, 2.45) is 0 Å². The van der Waals surface area contributed by atoms with Gasteiger partial charge in [-0.1, -0.05) is 12.1 Å². The standard InChI is InChI=1S/C19H16FNO4S/c1-11(12-4-6-13(20)7-5-12)17-18(22)21(19(23)26-17)15-9-8-14(24-2)10-16(15)25-3/h4-10H,1-3H3/b17-11-. The molecule has 0 atom stereocenters. The molecule has 1 aliphatic rings. The van der Waals surface area contributed by atoms with Crippen LogP contribution in [0.15, 0.2) is 47.4 Å². The number of allylic oxidation sites excluding steroid dienone is 1. The van der Waals surface area contributed by atoms with Crippen molar-refractivity contribution in [1.82, 2.24) is 0 Å². The Morgan fingerprint density at radius 3 is 2.35 bits per heavy atom. The van der Waals surface area contributed by atoms with Crippen LogP contribution in [0.4, 0.5) is 14.9 Å². The number of anilines is 1. The quantitative estimate of drug-likeness (QED) is 0.740. The van der Waals surface area contributed by atoms with E-state index in [0.29, 0.717) is 33.2 Å². The van der Waals surface area contributed by atoms with Gasteiger partial charge in [0.2, 0.25) is 0 Å². The smallest absolute Gasteiger partial charge is 0.298 e. The Balaban J connectivity index is 2.02. The van der Waals surface area contributed by atoms with Gasteiger partial charge in [0, 0.05) is 6.07 Å². The van der Waals surface area contributed by atoms with Crippen molar-refractivity contribution in [3.05, 3.63) is 58.8 Å². The Bertz CT molecular complexity index is 908. The molecule has 2 amide bonds. The van der Waals surface area contributed by atoms with Crippen LogP contribution in [0.2, 0.25) is 0 Å². The van der Waals surface area contributed by atoms with Gasteiger partial charge < -0.3 is 9.47 Å². The maximum Gasteiger partial charge on any atom is 0.298 e. The molecule has 5 nitrogen and oxygen atoms in total. The highest BCUT2D eigenvalue weighted by Gasteiger charge is 2.39. The fourth-order valence-electron chi connectivity index (χ4n) is 2.61. The molecule has 0 radical (unpaired) electrons. The number of methoxy groups -OCH3 is 2. The number of imide groups is 1. The number of hydrogen-bond acceptors (Lipinski definition) is 5. The molecule has 3 rings (SSSR count). The van der Waals surface area contributed by atoms with E-state index in [4.69, 9.17) is 9.47 Å². The number of thioether (sulfide) groups is 1. The molecule has 1 aliphatic heterocycles. The van der Waals surface area contributed by atoms with E-state index >= 15 is 0 Å². The van der Waals surface area contributed by atoms with Gasteiger partial charge >= 0.3 is 0 Å². The number of amides is 2. The molecule has 2 aromatic carbocycles. The molecule has 1 heterocycles. The fraction of sp³-hybridized carbons (Fsp3) is 0.158. The summed E-state index contributed by atoms with van der Waals surface area (Å²) in [4.78, 5) is 26.8. The van der Waals surface area contributed by atoms with Crippen molar-refractivity contribution in [1.29, 1.82) is 0 Å². The minimum atomic E-state index is -0.440. The van der Waals surface area contributed by atoms with Crippen LogP contribution in [0.25, 0.3) is 5.57 Å². The second-order valence-electron chi connectivity index (χ2n) is 5.51. The summed E-state index contributed by atoms with van der Waals surface area (Å²) in [6, 6.07) is 10.6. The predicted molar refractivity (Wildman–Crippen MR) is 99.0 cm³/mol. The van der Waals surface area contributed by atoms with Gasteiger partial charge in [0.1, 0.15) is 17.3 Å². The second-order valence-corrected chi connectivity index (χ2v) is 6.47. The third-order valence-electron chi connectivity index (χ3n) is 4.01. The van der Waals surface area contributed by atoms with Gasteiger partial charge in [0.15, 0.2) is 0 Å². The maximum absolute atomic E-state index is 13.1. The highest BCUT2D eigenvalue weighted by molar-refractivity contribution is 8.19. The number of nitrogens with zero attached hydrogens (tertiary/aromatic N) is 1.